The van der Waals surface area contributed by atoms with Gasteiger partial charge in [-0.3, -0.25) is 9.79 Å². The molecule has 1 aliphatic carbocycles. The number of amides is 1. The third-order valence-corrected chi connectivity index (χ3v) is 3.10. The third kappa shape index (κ3) is 1.44. The van der Waals surface area contributed by atoms with Crippen LogP contribution in [0.4, 0.5) is 0 Å². The molecular weight excluding hydrogens is 188 g/mol. The minimum absolute atomic E-state index is 0.0287. The van der Waals surface area contributed by atoms with Gasteiger partial charge in [0.1, 0.15) is 12.4 Å². The molecule has 0 atom stereocenters. The summed E-state index contributed by atoms with van der Waals surface area (Å²) in [5, 5.41) is 2.84. The quantitative estimate of drug-likeness (QED) is 0.720. The van der Waals surface area contributed by atoms with Gasteiger partial charge < -0.3 is 5.32 Å². The zero-order valence-corrected chi connectivity index (χ0v) is 8.36. The molecule has 0 fully saturated rings. The fraction of sp³-hybridized carbons (Fsp3) is 0.333. The Balaban J connectivity index is 1.82. The lowest BCUT2D eigenvalue weighted by molar-refractivity contribution is -0.117. The highest BCUT2D eigenvalue weighted by Crippen LogP contribution is 2.27. The van der Waals surface area contributed by atoms with Crippen LogP contribution in [0.1, 0.15) is 11.1 Å². The van der Waals surface area contributed by atoms with Gasteiger partial charge in [0.05, 0.1) is 0 Å². The second kappa shape index (κ2) is 3.19. The predicted molar refractivity (Wildman–Crippen MR) is 57.8 cm³/mol. The average molecular weight is 200 g/mol. The molecule has 3 nitrogen and oxygen atoms in total. The number of carbonyl (C=O) groups is 1. The Hall–Kier alpha value is -1.64. The summed E-state index contributed by atoms with van der Waals surface area (Å²) in [6.07, 6.45) is 2.02. The van der Waals surface area contributed by atoms with Crippen LogP contribution in [0.15, 0.2) is 29.3 Å². The summed E-state index contributed by atoms with van der Waals surface area (Å²) in [7, 11) is 0. The Morgan fingerprint density at radius 2 is 1.87 bits per heavy atom. The molecule has 3 heteroatoms. The average Bonchev–Trinajstić information content (AvgIpc) is 2.82. The van der Waals surface area contributed by atoms with E-state index in [4.69, 9.17) is 0 Å². The maximum Gasteiger partial charge on any atom is 0.247 e. The Morgan fingerprint density at radius 1 is 1.20 bits per heavy atom. The van der Waals surface area contributed by atoms with E-state index in [0.29, 0.717) is 12.5 Å². The zero-order valence-electron chi connectivity index (χ0n) is 8.36. The van der Waals surface area contributed by atoms with Crippen molar-refractivity contribution in [3.63, 3.8) is 0 Å². The molecule has 1 N–H and O–H groups in total. The highest BCUT2D eigenvalue weighted by molar-refractivity contribution is 6.05. The van der Waals surface area contributed by atoms with Gasteiger partial charge in [0.2, 0.25) is 5.91 Å². The molecule has 76 valence electrons. The lowest BCUT2D eigenvalue weighted by atomic mass is 10.1. The molecule has 1 aromatic carbocycles. The number of hydrogen-bond acceptors (Lipinski definition) is 2. The van der Waals surface area contributed by atoms with Gasteiger partial charge in [-0.05, 0) is 24.0 Å². The fourth-order valence-electron chi connectivity index (χ4n) is 2.36. The standard InChI is InChI=1S/C12H12N2O/c15-11-7-13-12(14-11)10-5-8-3-1-2-4-9(8)6-10/h1-4,10H,5-7H2,(H,13,14,15). The van der Waals surface area contributed by atoms with Crippen LogP contribution >= 0.6 is 0 Å². The Labute approximate surface area is 88.2 Å². The first-order valence-corrected chi connectivity index (χ1v) is 5.24. The highest BCUT2D eigenvalue weighted by Gasteiger charge is 2.28. The molecule has 0 aromatic heterocycles. The molecular formula is C12H12N2O. The molecule has 15 heavy (non-hydrogen) atoms. The minimum atomic E-state index is 0.0287. The SMILES string of the molecule is O=C1CN=C(C2Cc3ccccc3C2)N1. The molecule has 1 aromatic rings. The van der Waals surface area contributed by atoms with Gasteiger partial charge >= 0.3 is 0 Å². The number of rotatable bonds is 1. The van der Waals surface area contributed by atoms with Crippen molar-refractivity contribution in [3.05, 3.63) is 35.4 Å². The van der Waals surface area contributed by atoms with Gasteiger partial charge in [0.25, 0.3) is 0 Å². The molecule has 0 saturated heterocycles. The van der Waals surface area contributed by atoms with E-state index in [1.165, 1.54) is 11.1 Å². The van der Waals surface area contributed by atoms with Crippen LogP contribution in [0.25, 0.3) is 0 Å². The first-order valence-electron chi connectivity index (χ1n) is 5.24. The molecule has 0 unspecified atom stereocenters. The third-order valence-electron chi connectivity index (χ3n) is 3.10. The smallest absolute Gasteiger partial charge is 0.247 e. The van der Waals surface area contributed by atoms with Crippen LogP contribution in [-0.2, 0) is 17.6 Å². The van der Waals surface area contributed by atoms with E-state index in [1.807, 2.05) is 0 Å². The molecule has 0 saturated carbocycles. The summed E-state index contributed by atoms with van der Waals surface area (Å²) in [5.74, 6) is 1.30. The number of aliphatic imine (C=N–C) groups is 1. The fourth-order valence-corrected chi connectivity index (χ4v) is 2.36. The van der Waals surface area contributed by atoms with Crippen LogP contribution < -0.4 is 5.32 Å². The maximum atomic E-state index is 11.1. The largest absolute Gasteiger partial charge is 0.313 e. The molecule has 1 heterocycles. The summed E-state index contributed by atoms with van der Waals surface area (Å²) >= 11 is 0. The molecule has 3 rings (SSSR count). The van der Waals surface area contributed by atoms with E-state index in [1.54, 1.807) is 0 Å². The van der Waals surface area contributed by atoms with Gasteiger partial charge in [0.15, 0.2) is 0 Å². The Bertz CT molecular complexity index is 426. The zero-order chi connectivity index (χ0) is 10.3. The van der Waals surface area contributed by atoms with Crippen molar-refractivity contribution in [2.75, 3.05) is 6.54 Å². The van der Waals surface area contributed by atoms with E-state index in [0.717, 1.165) is 18.7 Å². The van der Waals surface area contributed by atoms with Gasteiger partial charge in [-0.1, -0.05) is 24.3 Å². The van der Waals surface area contributed by atoms with Crippen molar-refractivity contribution < 1.29 is 4.79 Å². The molecule has 0 spiro atoms. The monoisotopic (exact) mass is 200 g/mol. The van der Waals surface area contributed by atoms with Gasteiger partial charge in [-0.2, -0.15) is 0 Å². The normalized spacial score (nSPS) is 20.0. The van der Waals surface area contributed by atoms with Gasteiger partial charge in [0, 0.05) is 5.92 Å². The maximum absolute atomic E-state index is 11.1. The van der Waals surface area contributed by atoms with Crippen LogP contribution in [0.2, 0.25) is 0 Å². The van der Waals surface area contributed by atoms with E-state index >= 15 is 0 Å². The van der Waals surface area contributed by atoms with E-state index in [9.17, 15) is 4.79 Å². The van der Waals surface area contributed by atoms with Crippen molar-refractivity contribution in [2.45, 2.75) is 12.8 Å². The van der Waals surface area contributed by atoms with Crippen molar-refractivity contribution in [3.8, 4) is 0 Å². The minimum Gasteiger partial charge on any atom is -0.313 e. The predicted octanol–water partition coefficient (Wildman–Crippen LogP) is 0.930. The van der Waals surface area contributed by atoms with Gasteiger partial charge in [-0.15, -0.1) is 0 Å². The second-order valence-electron chi connectivity index (χ2n) is 4.12. The van der Waals surface area contributed by atoms with E-state index < -0.39 is 0 Å². The Kier molecular flexibility index (Phi) is 1.84. The van der Waals surface area contributed by atoms with Gasteiger partial charge in [-0.25, -0.2) is 0 Å². The summed E-state index contributed by atoms with van der Waals surface area (Å²) < 4.78 is 0. The first-order chi connectivity index (χ1) is 7.33. The first kappa shape index (κ1) is 8.65. The number of amidine groups is 1. The number of benzene rings is 1. The summed E-state index contributed by atoms with van der Waals surface area (Å²) in [6, 6.07) is 8.45. The summed E-state index contributed by atoms with van der Waals surface area (Å²) in [5.41, 5.74) is 2.79. The topological polar surface area (TPSA) is 41.5 Å². The number of hydrogen-bond donors (Lipinski definition) is 1. The van der Waals surface area contributed by atoms with Crippen LogP contribution in [0.5, 0.6) is 0 Å². The molecule has 1 amide bonds. The highest BCUT2D eigenvalue weighted by atomic mass is 16.2. The molecule has 0 radical (unpaired) electrons. The van der Waals surface area contributed by atoms with Crippen LogP contribution in [0.3, 0.4) is 0 Å². The van der Waals surface area contributed by atoms with Crippen molar-refractivity contribution >= 4 is 11.7 Å². The van der Waals surface area contributed by atoms with Crippen LogP contribution in [-0.4, -0.2) is 18.3 Å². The van der Waals surface area contributed by atoms with Crippen molar-refractivity contribution in [1.29, 1.82) is 0 Å². The lowest BCUT2D eigenvalue weighted by Gasteiger charge is -2.07. The second-order valence-corrected chi connectivity index (χ2v) is 4.12. The van der Waals surface area contributed by atoms with Crippen molar-refractivity contribution in [2.24, 2.45) is 10.9 Å². The summed E-state index contributed by atoms with van der Waals surface area (Å²) in [4.78, 5) is 15.3. The molecule has 2 aliphatic rings. The Morgan fingerprint density at radius 3 is 2.40 bits per heavy atom. The number of carbonyl (C=O) groups excluding carboxylic acids is 1. The van der Waals surface area contributed by atoms with Crippen molar-refractivity contribution in [1.82, 2.24) is 5.32 Å². The lowest BCUT2D eigenvalue weighted by Crippen LogP contribution is -2.31. The van der Waals surface area contributed by atoms with Crippen LogP contribution in [0, 0.1) is 5.92 Å². The van der Waals surface area contributed by atoms with E-state index in [2.05, 4.69) is 34.6 Å². The number of nitrogens with one attached hydrogen (secondary N) is 1. The van der Waals surface area contributed by atoms with E-state index in [-0.39, 0.29) is 5.91 Å². The number of nitrogens with zero attached hydrogens (tertiary/aromatic N) is 1. The molecule has 1 aliphatic heterocycles. The molecule has 0 bridgehead atoms. The number of fused-ring (bicyclic) bond motifs is 1. The summed E-state index contributed by atoms with van der Waals surface area (Å²) in [6.45, 7) is 0.308.